The molecule has 0 fully saturated rings. The molecule has 2 aromatic heterocycles. The van der Waals surface area contributed by atoms with E-state index >= 15 is 0 Å². The van der Waals surface area contributed by atoms with Crippen LogP contribution in [0.4, 0.5) is 16.2 Å². The molecule has 1 aromatic carbocycles. The number of hydrogen-bond acceptors (Lipinski definition) is 4. The van der Waals surface area contributed by atoms with Gasteiger partial charge in [-0.3, -0.25) is 4.79 Å². The van der Waals surface area contributed by atoms with E-state index in [1.54, 1.807) is 49.5 Å². The van der Waals surface area contributed by atoms with Crippen molar-refractivity contribution in [1.29, 1.82) is 0 Å². The van der Waals surface area contributed by atoms with Crippen LogP contribution in [0.2, 0.25) is 0 Å². The smallest absolute Gasteiger partial charge is 0.319 e. The number of rotatable bonds is 6. The third-order valence-electron chi connectivity index (χ3n) is 4.30. The fraction of sp³-hybridized carbons (Fsp3) is 0.238. The number of carbonyl (C=O) groups excluding carboxylic acids is 2. The third kappa shape index (κ3) is 4.60. The molecule has 8 heteroatoms. The Morgan fingerprint density at radius 3 is 2.45 bits per heavy atom. The van der Waals surface area contributed by atoms with E-state index in [0.717, 1.165) is 11.0 Å². The summed E-state index contributed by atoms with van der Waals surface area (Å²) in [6.45, 7) is 9.80. The summed E-state index contributed by atoms with van der Waals surface area (Å²) in [5.41, 5.74) is 3.12. The molecule has 0 spiro atoms. The molecule has 3 aromatic rings. The van der Waals surface area contributed by atoms with Crippen LogP contribution in [-0.4, -0.2) is 33.2 Å². The van der Waals surface area contributed by atoms with Crippen molar-refractivity contribution in [2.75, 3.05) is 17.2 Å². The van der Waals surface area contributed by atoms with E-state index in [-0.39, 0.29) is 18.0 Å². The highest BCUT2D eigenvalue weighted by Crippen LogP contribution is 2.21. The van der Waals surface area contributed by atoms with Crippen LogP contribution in [0.1, 0.15) is 35.9 Å². The van der Waals surface area contributed by atoms with Gasteiger partial charge in [-0.15, -0.1) is 6.58 Å². The Labute approximate surface area is 169 Å². The highest BCUT2D eigenvalue weighted by atomic mass is 16.2. The van der Waals surface area contributed by atoms with E-state index in [2.05, 4.69) is 32.6 Å². The maximum atomic E-state index is 12.7. The second-order valence-electron chi connectivity index (χ2n) is 6.87. The second-order valence-corrected chi connectivity index (χ2v) is 6.87. The molecule has 2 heterocycles. The van der Waals surface area contributed by atoms with E-state index in [1.807, 2.05) is 18.5 Å². The largest absolute Gasteiger partial charge is 0.334 e. The number of nitrogens with zero attached hydrogens (tertiary/aromatic N) is 3. The maximum Gasteiger partial charge on any atom is 0.319 e. The molecule has 3 amide bonds. The highest BCUT2D eigenvalue weighted by molar-refractivity contribution is 6.06. The van der Waals surface area contributed by atoms with Crippen LogP contribution in [0.3, 0.4) is 0 Å². The van der Waals surface area contributed by atoms with E-state index in [4.69, 9.17) is 0 Å². The van der Waals surface area contributed by atoms with Crippen LogP contribution < -0.4 is 16.0 Å². The van der Waals surface area contributed by atoms with Gasteiger partial charge in [-0.2, -0.15) is 5.10 Å². The van der Waals surface area contributed by atoms with E-state index in [1.165, 1.54) is 0 Å². The molecule has 150 valence electrons. The first-order chi connectivity index (χ1) is 13.9. The summed E-state index contributed by atoms with van der Waals surface area (Å²) in [4.78, 5) is 29.0. The zero-order chi connectivity index (χ0) is 21.0. The monoisotopic (exact) mass is 392 g/mol. The Bertz CT molecular complexity index is 1050. The van der Waals surface area contributed by atoms with E-state index in [9.17, 15) is 9.59 Å². The zero-order valence-corrected chi connectivity index (χ0v) is 16.7. The Morgan fingerprint density at radius 1 is 1.17 bits per heavy atom. The van der Waals surface area contributed by atoms with Crippen LogP contribution in [0.5, 0.6) is 0 Å². The Morgan fingerprint density at radius 2 is 1.83 bits per heavy atom. The van der Waals surface area contributed by atoms with Gasteiger partial charge in [-0.1, -0.05) is 6.08 Å². The van der Waals surface area contributed by atoms with Gasteiger partial charge < -0.3 is 16.0 Å². The van der Waals surface area contributed by atoms with Crippen molar-refractivity contribution in [3.05, 3.63) is 60.4 Å². The lowest BCUT2D eigenvalue weighted by Crippen LogP contribution is -2.28. The molecule has 8 nitrogen and oxygen atoms in total. The van der Waals surface area contributed by atoms with Gasteiger partial charge >= 0.3 is 6.03 Å². The predicted octanol–water partition coefficient (Wildman–Crippen LogP) is 3.88. The summed E-state index contributed by atoms with van der Waals surface area (Å²) in [5.74, 6) is -0.251. The second kappa shape index (κ2) is 8.55. The Balaban J connectivity index is 1.72. The quantitative estimate of drug-likeness (QED) is 0.554. The lowest BCUT2D eigenvalue weighted by Gasteiger charge is -2.11. The summed E-state index contributed by atoms with van der Waals surface area (Å²) in [7, 11) is 0. The number of pyridine rings is 1. The zero-order valence-electron chi connectivity index (χ0n) is 16.7. The Kier molecular flexibility index (Phi) is 5.92. The van der Waals surface area contributed by atoms with Crippen molar-refractivity contribution in [2.24, 2.45) is 0 Å². The van der Waals surface area contributed by atoms with E-state index < -0.39 is 0 Å². The summed E-state index contributed by atoms with van der Waals surface area (Å²) in [6, 6.07) is 8.54. The number of hydrogen-bond donors (Lipinski definition) is 3. The molecule has 0 saturated heterocycles. The van der Waals surface area contributed by atoms with Gasteiger partial charge in [-0.05, 0) is 51.1 Å². The lowest BCUT2D eigenvalue weighted by molar-refractivity contribution is 0.102. The molecule has 0 aliphatic rings. The van der Waals surface area contributed by atoms with Crippen LogP contribution >= 0.6 is 0 Å². The van der Waals surface area contributed by atoms with Gasteiger partial charge in [0, 0.05) is 29.3 Å². The van der Waals surface area contributed by atoms with Crippen molar-refractivity contribution in [3.8, 4) is 0 Å². The minimum atomic E-state index is -0.321. The van der Waals surface area contributed by atoms with Crippen molar-refractivity contribution in [3.63, 3.8) is 0 Å². The number of amides is 3. The third-order valence-corrected chi connectivity index (χ3v) is 4.30. The van der Waals surface area contributed by atoms with Gasteiger partial charge in [0.15, 0.2) is 5.65 Å². The molecule has 0 atom stereocenters. The van der Waals surface area contributed by atoms with Gasteiger partial charge in [-0.25, -0.2) is 14.5 Å². The molecule has 0 saturated carbocycles. The first-order valence-electron chi connectivity index (χ1n) is 9.31. The molecule has 0 aliphatic carbocycles. The standard InChI is InChI=1S/C21H24N6O2/c1-5-10-22-21(29)26-17-8-6-16(7-9-17)25-20(28)18-11-15-12-23-27(13(2)3)19(15)24-14(18)4/h5-9,11-13H,1,10H2,2-4H3,(H,25,28)(H2,22,26,29). The van der Waals surface area contributed by atoms with Crippen LogP contribution in [0, 0.1) is 6.92 Å². The molecular weight excluding hydrogens is 368 g/mol. The summed E-state index contributed by atoms with van der Waals surface area (Å²) >= 11 is 0. The number of aryl methyl sites for hydroxylation is 1. The fourth-order valence-electron chi connectivity index (χ4n) is 2.85. The first-order valence-corrected chi connectivity index (χ1v) is 9.31. The minimum Gasteiger partial charge on any atom is -0.334 e. The van der Waals surface area contributed by atoms with Crippen molar-refractivity contribution in [1.82, 2.24) is 20.1 Å². The SMILES string of the molecule is C=CCNC(=O)Nc1ccc(NC(=O)c2cc3cnn(C(C)C)c3nc2C)cc1. The first kappa shape index (κ1) is 20.1. The molecule has 3 N–H and O–H groups in total. The number of urea groups is 1. The molecule has 29 heavy (non-hydrogen) atoms. The number of nitrogens with one attached hydrogen (secondary N) is 3. The number of fused-ring (bicyclic) bond motifs is 1. The average molecular weight is 392 g/mol. The summed E-state index contributed by atoms with van der Waals surface area (Å²) in [5, 5.41) is 13.4. The number of benzene rings is 1. The van der Waals surface area contributed by atoms with Gasteiger partial charge in [0.05, 0.1) is 17.5 Å². The summed E-state index contributed by atoms with van der Waals surface area (Å²) < 4.78 is 1.83. The molecular formula is C21H24N6O2. The van der Waals surface area contributed by atoms with Crippen LogP contribution in [-0.2, 0) is 0 Å². The average Bonchev–Trinajstić information content (AvgIpc) is 3.10. The number of carbonyl (C=O) groups is 2. The summed E-state index contributed by atoms with van der Waals surface area (Å²) in [6.07, 6.45) is 3.32. The lowest BCUT2D eigenvalue weighted by atomic mass is 10.1. The molecule has 0 radical (unpaired) electrons. The number of anilines is 2. The normalized spacial score (nSPS) is 10.8. The van der Waals surface area contributed by atoms with Crippen molar-refractivity contribution < 1.29 is 9.59 Å². The highest BCUT2D eigenvalue weighted by Gasteiger charge is 2.15. The van der Waals surface area contributed by atoms with Crippen LogP contribution in [0.15, 0.2) is 49.2 Å². The number of aromatic nitrogens is 3. The molecule has 0 aliphatic heterocycles. The molecule has 0 unspecified atom stereocenters. The minimum absolute atomic E-state index is 0.185. The maximum absolute atomic E-state index is 12.7. The van der Waals surface area contributed by atoms with E-state index in [0.29, 0.717) is 29.2 Å². The Hall–Kier alpha value is -3.68. The van der Waals surface area contributed by atoms with Crippen molar-refractivity contribution in [2.45, 2.75) is 26.8 Å². The van der Waals surface area contributed by atoms with Gasteiger partial charge in [0.1, 0.15) is 0 Å². The predicted molar refractivity (Wildman–Crippen MR) is 114 cm³/mol. The van der Waals surface area contributed by atoms with Gasteiger partial charge in [0.2, 0.25) is 0 Å². The van der Waals surface area contributed by atoms with Crippen LogP contribution in [0.25, 0.3) is 11.0 Å². The van der Waals surface area contributed by atoms with Gasteiger partial charge in [0.25, 0.3) is 5.91 Å². The van der Waals surface area contributed by atoms with Crippen molar-refractivity contribution >= 4 is 34.3 Å². The topological polar surface area (TPSA) is 101 Å². The fourth-order valence-corrected chi connectivity index (χ4v) is 2.85. The molecule has 0 bridgehead atoms. The molecule has 3 rings (SSSR count).